The smallest absolute Gasteiger partial charge is 0.137 e. The van der Waals surface area contributed by atoms with Crippen molar-refractivity contribution in [3.05, 3.63) is 35.8 Å². The van der Waals surface area contributed by atoms with E-state index in [9.17, 15) is 0 Å². The number of likely N-dealkylation sites (tertiary alicyclic amines) is 1. The highest BCUT2D eigenvalue weighted by molar-refractivity contribution is 5.41. The zero-order valence-corrected chi connectivity index (χ0v) is 13.1. The van der Waals surface area contributed by atoms with E-state index in [2.05, 4.69) is 41.5 Å². The Hall–Kier alpha value is -1.39. The van der Waals surface area contributed by atoms with Crippen LogP contribution in [0.2, 0.25) is 0 Å². The van der Waals surface area contributed by atoms with Crippen LogP contribution in [-0.2, 0) is 13.0 Å². The fourth-order valence-corrected chi connectivity index (χ4v) is 3.41. The molecule has 1 aliphatic rings. The molecule has 2 N–H and O–H groups in total. The van der Waals surface area contributed by atoms with Gasteiger partial charge in [-0.05, 0) is 57.7 Å². The van der Waals surface area contributed by atoms with Crippen LogP contribution in [0.1, 0.15) is 38.1 Å². The molecule has 1 unspecified atom stereocenters. The third kappa shape index (κ3) is 3.11. The molecule has 1 aliphatic heterocycles. The molecule has 1 atom stereocenters. The lowest BCUT2D eigenvalue weighted by atomic mass is 9.93. The van der Waals surface area contributed by atoms with Gasteiger partial charge in [0.05, 0.1) is 5.69 Å². The Balaban J connectivity index is 1.75. The van der Waals surface area contributed by atoms with Gasteiger partial charge in [0, 0.05) is 31.0 Å². The molecule has 0 spiro atoms. The van der Waals surface area contributed by atoms with Crippen LogP contribution in [0.15, 0.2) is 24.4 Å². The van der Waals surface area contributed by atoms with Crippen molar-refractivity contribution in [1.29, 1.82) is 0 Å². The van der Waals surface area contributed by atoms with E-state index in [1.54, 1.807) is 0 Å². The molecule has 21 heavy (non-hydrogen) atoms. The van der Waals surface area contributed by atoms with Gasteiger partial charge in [-0.3, -0.25) is 0 Å². The summed E-state index contributed by atoms with van der Waals surface area (Å²) in [5, 5.41) is 0. The summed E-state index contributed by atoms with van der Waals surface area (Å²) in [6, 6.07) is 6.82. The number of fused-ring (bicyclic) bond motifs is 1. The van der Waals surface area contributed by atoms with Crippen LogP contribution in [0.4, 0.5) is 0 Å². The molecule has 4 heteroatoms. The van der Waals surface area contributed by atoms with Gasteiger partial charge in [0.25, 0.3) is 0 Å². The van der Waals surface area contributed by atoms with Crippen LogP contribution in [0, 0.1) is 5.92 Å². The van der Waals surface area contributed by atoms with Crippen molar-refractivity contribution in [2.24, 2.45) is 11.7 Å². The number of imidazole rings is 1. The molecule has 3 rings (SSSR count). The van der Waals surface area contributed by atoms with Crippen LogP contribution in [0.5, 0.6) is 0 Å². The van der Waals surface area contributed by atoms with Crippen molar-refractivity contribution in [1.82, 2.24) is 14.3 Å². The quantitative estimate of drug-likeness (QED) is 0.939. The van der Waals surface area contributed by atoms with Gasteiger partial charge in [-0.1, -0.05) is 6.07 Å². The molecular formula is C17H26N4. The van der Waals surface area contributed by atoms with Crippen LogP contribution in [-0.4, -0.2) is 33.4 Å². The molecule has 0 saturated carbocycles. The first-order valence-corrected chi connectivity index (χ1v) is 8.07. The Labute approximate surface area is 127 Å². The lowest BCUT2D eigenvalue weighted by Crippen LogP contribution is -2.40. The summed E-state index contributed by atoms with van der Waals surface area (Å²) >= 11 is 0. The maximum atomic E-state index is 5.81. The average Bonchev–Trinajstić information content (AvgIpc) is 2.89. The summed E-state index contributed by atoms with van der Waals surface area (Å²) in [7, 11) is 0. The summed E-state index contributed by atoms with van der Waals surface area (Å²) in [5.74, 6) is 0.729. The van der Waals surface area contributed by atoms with Gasteiger partial charge in [-0.2, -0.15) is 0 Å². The molecule has 0 amide bonds. The first-order valence-electron chi connectivity index (χ1n) is 8.07. The minimum atomic E-state index is 0.553. The topological polar surface area (TPSA) is 46.6 Å². The Bertz CT molecular complexity index is 602. The largest absolute Gasteiger partial charge is 0.325 e. The first kappa shape index (κ1) is 14.5. The Morgan fingerprint density at radius 3 is 3.00 bits per heavy atom. The Morgan fingerprint density at radius 1 is 1.38 bits per heavy atom. The molecule has 4 nitrogen and oxygen atoms in total. The molecule has 0 aliphatic carbocycles. The third-order valence-electron chi connectivity index (χ3n) is 4.61. The van der Waals surface area contributed by atoms with Crippen molar-refractivity contribution in [3.8, 4) is 0 Å². The zero-order valence-electron chi connectivity index (χ0n) is 13.1. The maximum absolute atomic E-state index is 5.81. The van der Waals surface area contributed by atoms with Crippen molar-refractivity contribution in [2.75, 3.05) is 13.1 Å². The minimum absolute atomic E-state index is 0.553. The van der Waals surface area contributed by atoms with Crippen LogP contribution >= 0.6 is 0 Å². The molecule has 0 radical (unpaired) electrons. The number of aromatic nitrogens is 2. The van der Waals surface area contributed by atoms with E-state index in [4.69, 9.17) is 10.7 Å². The number of piperidine rings is 1. The predicted molar refractivity (Wildman–Crippen MR) is 86.2 cm³/mol. The van der Waals surface area contributed by atoms with E-state index in [1.165, 1.54) is 31.6 Å². The zero-order chi connectivity index (χ0) is 14.8. The van der Waals surface area contributed by atoms with Gasteiger partial charge in [0.1, 0.15) is 5.65 Å². The normalized spacial score (nSPS) is 20.5. The van der Waals surface area contributed by atoms with Gasteiger partial charge in [-0.15, -0.1) is 0 Å². The van der Waals surface area contributed by atoms with E-state index < -0.39 is 0 Å². The van der Waals surface area contributed by atoms with Crippen LogP contribution in [0.25, 0.3) is 5.65 Å². The number of hydrogen-bond acceptors (Lipinski definition) is 3. The van der Waals surface area contributed by atoms with E-state index in [0.29, 0.717) is 12.6 Å². The summed E-state index contributed by atoms with van der Waals surface area (Å²) in [4.78, 5) is 7.37. The molecule has 0 bridgehead atoms. The molecule has 0 aromatic carbocycles. The number of pyridine rings is 1. The summed E-state index contributed by atoms with van der Waals surface area (Å²) in [6.07, 6.45) is 5.88. The van der Waals surface area contributed by atoms with Crippen molar-refractivity contribution in [3.63, 3.8) is 0 Å². The minimum Gasteiger partial charge on any atom is -0.325 e. The van der Waals surface area contributed by atoms with Crippen molar-refractivity contribution < 1.29 is 0 Å². The lowest BCUT2D eigenvalue weighted by Gasteiger charge is -2.35. The van der Waals surface area contributed by atoms with E-state index in [-0.39, 0.29) is 0 Å². The van der Waals surface area contributed by atoms with Gasteiger partial charge in [0.15, 0.2) is 0 Å². The number of hydrogen-bond donors (Lipinski definition) is 1. The highest BCUT2D eigenvalue weighted by Crippen LogP contribution is 2.22. The fourth-order valence-electron chi connectivity index (χ4n) is 3.41. The summed E-state index contributed by atoms with van der Waals surface area (Å²) in [5.41, 5.74) is 9.15. The van der Waals surface area contributed by atoms with E-state index >= 15 is 0 Å². The third-order valence-corrected chi connectivity index (χ3v) is 4.61. The van der Waals surface area contributed by atoms with Gasteiger partial charge in [0.2, 0.25) is 0 Å². The second-order valence-electron chi connectivity index (χ2n) is 6.48. The number of rotatable bonds is 4. The van der Waals surface area contributed by atoms with E-state index in [1.807, 2.05) is 6.07 Å². The molecule has 2 aromatic heterocycles. The second kappa shape index (κ2) is 6.16. The average molecular weight is 286 g/mol. The van der Waals surface area contributed by atoms with Gasteiger partial charge in [-0.25, -0.2) is 4.98 Å². The lowest BCUT2D eigenvalue weighted by molar-refractivity contribution is 0.139. The van der Waals surface area contributed by atoms with Crippen molar-refractivity contribution in [2.45, 2.75) is 45.7 Å². The highest BCUT2D eigenvalue weighted by atomic mass is 15.2. The molecular weight excluding hydrogens is 260 g/mol. The first-order chi connectivity index (χ1) is 10.2. The van der Waals surface area contributed by atoms with Gasteiger partial charge >= 0.3 is 0 Å². The molecule has 1 fully saturated rings. The number of nitrogens with zero attached hydrogens (tertiary/aromatic N) is 3. The second-order valence-corrected chi connectivity index (χ2v) is 6.48. The highest BCUT2D eigenvalue weighted by Gasteiger charge is 2.22. The van der Waals surface area contributed by atoms with Crippen molar-refractivity contribution >= 4 is 5.65 Å². The summed E-state index contributed by atoms with van der Waals surface area (Å²) in [6.45, 7) is 7.59. The maximum Gasteiger partial charge on any atom is 0.137 e. The molecule has 114 valence electrons. The summed E-state index contributed by atoms with van der Waals surface area (Å²) < 4.78 is 2.14. The van der Waals surface area contributed by atoms with E-state index in [0.717, 1.165) is 23.7 Å². The standard InChI is InChI=1S/C17H26N4/c1-13(2)20-8-4-5-14(11-20)9-15-12-21-16(10-18)6-3-7-17(21)19-15/h3,6-7,12-14H,4-5,8-11,18H2,1-2H3. The monoisotopic (exact) mass is 286 g/mol. The molecule has 1 saturated heterocycles. The molecule has 3 heterocycles. The number of nitrogens with two attached hydrogens (primary N) is 1. The predicted octanol–water partition coefficient (Wildman–Crippen LogP) is 2.46. The fraction of sp³-hybridized carbons (Fsp3) is 0.588. The van der Waals surface area contributed by atoms with Crippen LogP contribution in [0.3, 0.4) is 0 Å². The molecule has 2 aromatic rings. The van der Waals surface area contributed by atoms with Gasteiger partial charge < -0.3 is 15.0 Å². The SMILES string of the molecule is CC(C)N1CCCC(Cc2cn3c(CN)cccc3n2)C1. The Kier molecular flexibility index (Phi) is 4.27. The Morgan fingerprint density at radius 2 is 2.24 bits per heavy atom. The van der Waals surface area contributed by atoms with Crippen LogP contribution < -0.4 is 5.73 Å².